The maximum Gasteiger partial charge on any atom is 0.239 e. The summed E-state index contributed by atoms with van der Waals surface area (Å²) in [4.78, 5) is 13.6. The minimum atomic E-state index is -0.298. The Morgan fingerprint density at radius 2 is 2.38 bits per heavy atom. The van der Waals surface area contributed by atoms with Crippen molar-refractivity contribution >= 4 is 5.91 Å². The van der Waals surface area contributed by atoms with E-state index in [1.807, 2.05) is 28.9 Å². The largest absolute Gasteiger partial charge is 0.339 e. The molecule has 1 aliphatic heterocycles. The number of carbonyl (C=O) groups excluding carboxylic acids is 1. The molecule has 1 aromatic heterocycles. The average Bonchev–Trinajstić information content (AvgIpc) is 2.67. The number of hydrogen-bond donors (Lipinski definition) is 1. The maximum atomic E-state index is 11.7. The first-order chi connectivity index (χ1) is 7.66. The van der Waals surface area contributed by atoms with E-state index >= 15 is 0 Å². The second kappa shape index (κ2) is 4.65. The summed E-state index contributed by atoms with van der Waals surface area (Å²) < 4.78 is 1.86. The van der Waals surface area contributed by atoms with Crippen LogP contribution in [0.1, 0.15) is 18.4 Å². The lowest BCUT2D eigenvalue weighted by molar-refractivity contribution is -0.135. The molecule has 1 aliphatic rings. The fourth-order valence-electron chi connectivity index (χ4n) is 2.00. The molecule has 1 amide bonds. The molecule has 2 heterocycles. The fraction of sp³-hybridized carbons (Fsp3) is 0.636. The van der Waals surface area contributed by atoms with Crippen LogP contribution < -0.4 is 5.73 Å². The molecule has 1 fully saturated rings. The Labute approximate surface area is 95.2 Å². The molecular weight excluding hydrogens is 204 g/mol. The summed E-state index contributed by atoms with van der Waals surface area (Å²) in [5, 5.41) is 4.19. The lowest BCUT2D eigenvalue weighted by atomic mass is 10.1. The number of nitrogens with zero attached hydrogens (tertiary/aromatic N) is 3. The predicted octanol–water partition coefficient (Wildman–Crippen LogP) is 0.141. The van der Waals surface area contributed by atoms with Crippen molar-refractivity contribution in [2.45, 2.75) is 32.4 Å². The number of piperidine rings is 1. The molecule has 1 saturated heterocycles. The van der Waals surface area contributed by atoms with Gasteiger partial charge in [-0.1, -0.05) is 0 Å². The predicted molar refractivity (Wildman–Crippen MR) is 60.8 cm³/mol. The number of likely N-dealkylation sites (tertiary alicyclic amines) is 1. The van der Waals surface area contributed by atoms with Crippen LogP contribution in [0.25, 0.3) is 0 Å². The Kier molecular flexibility index (Phi) is 3.24. The van der Waals surface area contributed by atoms with Crippen molar-refractivity contribution in [1.82, 2.24) is 14.7 Å². The van der Waals surface area contributed by atoms with Crippen LogP contribution in [0.15, 0.2) is 12.4 Å². The third-order valence-corrected chi connectivity index (χ3v) is 2.93. The van der Waals surface area contributed by atoms with Crippen LogP contribution in [0.3, 0.4) is 0 Å². The Bertz CT molecular complexity index is 374. The van der Waals surface area contributed by atoms with Crippen LogP contribution in [0.2, 0.25) is 0 Å². The second-order valence-electron chi connectivity index (χ2n) is 4.35. The van der Waals surface area contributed by atoms with Gasteiger partial charge >= 0.3 is 0 Å². The summed E-state index contributed by atoms with van der Waals surface area (Å²) in [5.41, 5.74) is 6.87. The third-order valence-electron chi connectivity index (χ3n) is 2.93. The normalized spacial score (nSPS) is 21.5. The van der Waals surface area contributed by atoms with Crippen LogP contribution >= 0.6 is 0 Å². The number of rotatable bonds is 3. The molecule has 2 N–H and O–H groups in total. The van der Waals surface area contributed by atoms with E-state index in [9.17, 15) is 4.79 Å². The van der Waals surface area contributed by atoms with Crippen molar-refractivity contribution in [3.8, 4) is 0 Å². The highest BCUT2D eigenvalue weighted by Crippen LogP contribution is 2.09. The maximum absolute atomic E-state index is 11.7. The lowest BCUT2D eigenvalue weighted by Gasteiger charge is -2.30. The molecule has 0 bridgehead atoms. The Morgan fingerprint density at radius 3 is 3.06 bits per heavy atom. The summed E-state index contributed by atoms with van der Waals surface area (Å²) in [7, 11) is 0. The van der Waals surface area contributed by atoms with E-state index < -0.39 is 0 Å². The Morgan fingerprint density at radius 1 is 1.56 bits per heavy atom. The highest BCUT2D eigenvalue weighted by molar-refractivity contribution is 5.82. The number of amides is 1. The van der Waals surface area contributed by atoms with Gasteiger partial charge < -0.3 is 10.6 Å². The molecule has 2 rings (SSSR count). The van der Waals surface area contributed by atoms with Gasteiger partial charge in [-0.3, -0.25) is 9.48 Å². The zero-order valence-corrected chi connectivity index (χ0v) is 9.59. The smallest absolute Gasteiger partial charge is 0.239 e. The van der Waals surface area contributed by atoms with Gasteiger partial charge in [-0.25, -0.2) is 0 Å². The highest BCUT2D eigenvalue weighted by Gasteiger charge is 2.24. The zero-order chi connectivity index (χ0) is 11.5. The minimum Gasteiger partial charge on any atom is -0.339 e. The molecule has 1 atom stereocenters. The van der Waals surface area contributed by atoms with Crippen molar-refractivity contribution in [3.63, 3.8) is 0 Å². The van der Waals surface area contributed by atoms with Crippen molar-refractivity contribution in [3.05, 3.63) is 18.0 Å². The van der Waals surface area contributed by atoms with E-state index in [0.29, 0.717) is 6.54 Å². The van der Waals surface area contributed by atoms with Crippen LogP contribution in [-0.4, -0.2) is 39.7 Å². The summed E-state index contributed by atoms with van der Waals surface area (Å²) in [6, 6.07) is -0.298. The molecule has 0 aliphatic carbocycles. The van der Waals surface area contributed by atoms with E-state index in [1.165, 1.54) is 0 Å². The van der Waals surface area contributed by atoms with Crippen LogP contribution in [-0.2, 0) is 11.3 Å². The standard InChI is InChI=1S/C11H18N4O/c1-9-7-13-15(8-9)6-5-14-4-2-3-10(12)11(14)16/h7-8,10H,2-6,12H2,1H3. The van der Waals surface area contributed by atoms with E-state index in [2.05, 4.69) is 5.10 Å². The summed E-state index contributed by atoms with van der Waals surface area (Å²) in [6.07, 6.45) is 5.62. The van der Waals surface area contributed by atoms with Gasteiger partial charge in [0.15, 0.2) is 0 Å². The molecule has 0 saturated carbocycles. The van der Waals surface area contributed by atoms with Gasteiger partial charge in [0.1, 0.15) is 0 Å². The van der Waals surface area contributed by atoms with Crippen LogP contribution in [0, 0.1) is 6.92 Å². The number of hydrogen-bond acceptors (Lipinski definition) is 3. The molecule has 16 heavy (non-hydrogen) atoms. The van der Waals surface area contributed by atoms with E-state index in [-0.39, 0.29) is 11.9 Å². The molecule has 0 spiro atoms. The van der Waals surface area contributed by atoms with Crippen LogP contribution in [0.5, 0.6) is 0 Å². The first-order valence-corrected chi connectivity index (χ1v) is 5.70. The molecule has 0 aromatic carbocycles. The van der Waals surface area contributed by atoms with E-state index in [4.69, 9.17) is 5.73 Å². The third kappa shape index (κ3) is 2.41. The molecule has 0 radical (unpaired) electrons. The van der Waals surface area contributed by atoms with Gasteiger partial charge in [0.25, 0.3) is 0 Å². The van der Waals surface area contributed by atoms with E-state index in [0.717, 1.165) is 31.5 Å². The van der Waals surface area contributed by atoms with Crippen LogP contribution in [0.4, 0.5) is 0 Å². The van der Waals surface area contributed by atoms with E-state index in [1.54, 1.807) is 0 Å². The van der Waals surface area contributed by atoms with Crippen molar-refractivity contribution in [1.29, 1.82) is 0 Å². The lowest BCUT2D eigenvalue weighted by Crippen LogP contribution is -2.49. The SMILES string of the molecule is Cc1cnn(CCN2CCCC(N)C2=O)c1. The molecular formula is C11H18N4O. The topological polar surface area (TPSA) is 64.2 Å². The monoisotopic (exact) mass is 222 g/mol. The van der Waals surface area contributed by atoms with Crippen molar-refractivity contribution < 1.29 is 4.79 Å². The number of aryl methyl sites for hydroxylation is 1. The first-order valence-electron chi connectivity index (χ1n) is 5.70. The molecule has 5 heteroatoms. The summed E-state index contributed by atoms with van der Waals surface area (Å²) in [6.45, 7) is 4.28. The Hall–Kier alpha value is -1.36. The van der Waals surface area contributed by atoms with Gasteiger partial charge in [0.2, 0.25) is 5.91 Å². The highest BCUT2D eigenvalue weighted by atomic mass is 16.2. The minimum absolute atomic E-state index is 0.0788. The second-order valence-corrected chi connectivity index (χ2v) is 4.35. The van der Waals surface area contributed by atoms with Gasteiger partial charge in [-0.15, -0.1) is 0 Å². The fourth-order valence-corrected chi connectivity index (χ4v) is 2.00. The molecule has 1 unspecified atom stereocenters. The molecule has 88 valence electrons. The quantitative estimate of drug-likeness (QED) is 0.791. The first kappa shape index (κ1) is 11.1. The summed E-state index contributed by atoms with van der Waals surface area (Å²) >= 11 is 0. The molecule has 5 nitrogen and oxygen atoms in total. The van der Waals surface area contributed by atoms with Gasteiger partial charge in [0, 0.05) is 19.3 Å². The van der Waals surface area contributed by atoms with Gasteiger partial charge in [0.05, 0.1) is 18.8 Å². The van der Waals surface area contributed by atoms with Gasteiger partial charge in [-0.2, -0.15) is 5.10 Å². The number of nitrogens with two attached hydrogens (primary N) is 1. The van der Waals surface area contributed by atoms with Gasteiger partial charge in [-0.05, 0) is 25.3 Å². The zero-order valence-electron chi connectivity index (χ0n) is 9.59. The Balaban J connectivity index is 1.87. The average molecular weight is 222 g/mol. The number of aromatic nitrogens is 2. The number of carbonyl (C=O) groups is 1. The van der Waals surface area contributed by atoms with Crippen molar-refractivity contribution in [2.75, 3.05) is 13.1 Å². The van der Waals surface area contributed by atoms with Crippen molar-refractivity contribution in [2.24, 2.45) is 5.73 Å². The summed E-state index contributed by atoms with van der Waals surface area (Å²) in [5.74, 6) is 0.0788. The molecule has 1 aromatic rings.